The molecule has 1 aliphatic heterocycles. The number of ether oxygens (including phenoxy) is 1. The molecule has 0 saturated carbocycles. The number of carbonyl (C=O) groups excluding carboxylic acids is 1. The molecule has 1 unspecified atom stereocenters. The minimum absolute atomic E-state index is 0.175. The lowest BCUT2D eigenvalue weighted by atomic mass is 10.1. The molecule has 1 aromatic carbocycles. The summed E-state index contributed by atoms with van der Waals surface area (Å²) in [6.45, 7) is 0. The zero-order chi connectivity index (χ0) is 10.1. The van der Waals surface area contributed by atoms with Gasteiger partial charge in [0.2, 0.25) is 0 Å². The van der Waals surface area contributed by atoms with E-state index in [4.69, 9.17) is 27.9 Å². The second-order valence-electron chi connectivity index (χ2n) is 3.18. The Morgan fingerprint density at radius 3 is 2.79 bits per heavy atom. The lowest BCUT2D eigenvalue weighted by Gasteiger charge is -2.11. The van der Waals surface area contributed by atoms with Crippen molar-refractivity contribution in [3.8, 4) is 0 Å². The highest BCUT2D eigenvalue weighted by Crippen LogP contribution is 2.35. The topological polar surface area (TPSA) is 26.3 Å². The van der Waals surface area contributed by atoms with Crippen LogP contribution in [0, 0.1) is 0 Å². The number of benzene rings is 1. The number of hydrogen-bond acceptors (Lipinski definition) is 2. The van der Waals surface area contributed by atoms with Crippen LogP contribution in [0.15, 0.2) is 18.2 Å². The normalized spacial score (nSPS) is 21.0. The second kappa shape index (κ2) is 3.79. The first kappa shape index (κ1) is 9.81. The van der Waals surface area contributed by atoms with E-state index in [1.54, 1.807) is 18.2 Å². The van der Waals surface area contributed by atoms with Crippen molar-refractivity contribution in [3.63, 3.8) is 0 Å². The Balaban J connectivity index is 2.31. The van der Waals surface area contributed by atoms with Crippen LogP contribution in [0.4, 0.5) is 0 Å². The molecule has 74 valence electrons. The molecule has 4 heteroatoms. The molecule has 14 heavy (non-hydrogen) atoms. The van der Waals surface area contributed by atoms with E-state index in [1.165, 1.54) is 0 Å². The number of hydrogen-bond donors (Lipinski definition) is 0. The van der Waals surface area contributed by atoms with Gasteiger partial charge in [-0.15, -0.1) is 0 Å². The average molecular weight is 231 g/mol. The van der Waals surface area contributed by atoms with Crippen molar-refractivity contribution in [1.82, 2.24) is 0 Å². The molecule has 2 nitrogen and oxygen atoms in total. The molecule has 0 aromatic heterocycles. The highest BCUT2D eigenvalue weighted by atomic mass is 35.5. The summed E-state index contributed by atoms with van der Waals surface area (Å²) in [4.78, 5) is 10.9. The Kier molecular flexibility index (Phi) is 2.66. The molecule has 0 N–H and O–H groups in total. The molecular weight excluding hydrogens is 223 g/mol. The van der Waals surface area contributed by atoms with Crippen LogP contribution in [0.5, 0.6) is 0 Å². The molecule has 0 radical (unpaired) electrons. The van der Waals surface area contributed by atoms with E-state index in [9.17, 15) is 4.79 Å². The van der Waals surface area contributed by atoms with E-state index >= 15 is 0 Å². The third-order valence-electron chi connectivity index (χ3n) is 2.19. The first-order valence-corrected chi connectivity index (χ1v) is 5.07. The van der Waals surface area contributed by atoms with Crippen molar-refractivity contribution in [2.24, 2.45) is 0 Å². The van der Waals surface area contributed by atoms with Crippen molar-refractivity contribution in [2.75, 3.05) is 0 Å². The Morgan fingerprint density at radius 2 is 2.14 bits per heavy atom. The standard InChI is InChI=1S/C10H8Cl2O2/c11-6-1-2-8(12)7(5-6)9-3-4-10(13)14-9/h1-2,5,9H,3-4H2. The molecule has 0 amide bonds. The van der Waals surface area contributed by atoms with E-state index < -0.39 is 0 Å². The summed E-state index contributed by atoms with van der Waals surface area (Å²) in [5.41, 5.74) is 0.796. The predicted octanol–water partition coefficient (Wildman–Crippen LogP) is 3.37. The Bertz CT molecular complexity index is 376. The molecule has 1 fully saturated rings. The third-order valence-corrected chi connectivity index (χ3v) is 2.77. The van der Waals surface area contributed by atoms with Gasteiger partial charge >= 0.3 is 5.97 Å². The fourth-order valence-corrected chi connectivity index (χ4v) is 1.93. The molecule has 0 spiro atoms. The van der Waals surface area contributed by atoms with E-state index in [0.717, 1.165) is 5.56 Å². The maximum absolute atomic E-state index is 10.9. The lowest BCUT2D eigenvalue weighted by molar-refractivity contribution is -0.141. The second-order valence-corrected chi connectivity index (χ2v) is 4.03. The Labute approximate surface area is 91.8 Å². The fraction of sp³-hybridized carbons (Fsp3) is 0.300. The van der Waals surface area contributed by atoms with Gasteiger partial charge in [-0.3, -0.25) is 4.79 Å². The highest BCUT2D eigenvalue weighted by molar-refractivity contribution is 6.33. The van der Waals surface area contributed by atoms with Crippen LogP contribution < -0.4 is 0 Å². The Hall–Kier alpha value is -0.730. The molecule has 0 bridgehead atoms. The SMILES string of the molecule is O=C1CCC(c2cc(Cl)ccc2Cl)O1. The van der Waals surface area contributed by atoms with E-state index in [-0.39, 0.29) is 12.1 Å². The number of halogens is 2. The van der Waals surface area contributed by atoms with Crippen LogP contribution in [0.2, 0.25) is 10.0 Å². The Morgan fingerprint density at radius 1 is 1.36 bits per heavy atom. The number of rotatable bonds is 1. The molecule has 0 aliphatic carbocycles. The largest absolute Gasteiger partial charge is 0.457 e. The van der Waals surface area contributed by atoms with Crippen LogP contribution in [-0.4, -0.2) is 5.97 Å². The molecule has 1 aromatic rings. The number of carbonyl (C=O) groups is 1. The first-order valence-electron chi connectivity index (χ1n) is 4.31. The smallest absolute Gasteiger partial charge is 0.306 e. The zero-order valence-corrected chi connectivity index (χ0v) is 8.81. The van der Waals surface area contributed by atoms with Crippen molar-refractivity contribution >= 4 is 29.2 Å². The van der Waals surface area contributed by atoms with E-state index in [0.29, 0.717) is 22.9 Å². The lowest BCUT2D eigenvalue weighted by Crippen LogP contribution is -1.99. The molecule has 1 atom stereocenters. The van der Waals surface area contributed by atoms with Crippen LogP contribution in [0.3, 0.4) is 0 Å². The maximum atomic E-state index is 10.9. The van der Waals surface area contributed by atoms with Gasteiger partial charge in [-0.25, -0.2) is 0 Å². The van der Waals surface area contributed by atoms with Crippen LogP contribution >= 0.6 is 23.2 Å². The summed E-state index contributed by atoms with van der Waals surface area (Å²) >= 11 is 11.8. The number of cyclic esters (lactones) is 1. The van der Waals surface area contributed by atoms with Gasteiger partial charge < -0.3 is 4.74 Å². The van der Waals surface area contributed by atoms with Gasteiger partial charge in [0.15, 0.2) is 0 Å². The van der Waals surface area contributed by atoms with Crippen molar-refractivity contribution in [3.05, 3.63) is 33.8 Å². The monoisotopic (exact) mass is 230 g/mol. The average Bonchev–Trinajstić information content (AvgIpc) is 2.56. The fourth-order valence-electron chi connectivity index (χ4n) is 1.51. The zero-order valence-electron chi connectivity index (χ0n) is 7.30. The van der Waals surface area contributed by atoms with Crippen LogP contribution in [0.25, 0.3) is 0 Å². The minimum atomic E-state index is -0.228. The van der Waals surface area contributed by atoms with Gasteiger partial charge in [0.1, 0.15) is 6.10 Å². The van der Waals surface area contributed by atoms with Crippen molar-refractivity contribution in [1.29, 1.82) is 0 Å². The van der Waals surface area contributed by atoms with Crippen molar-refractivity contribution in [2.45, 2.75) is 18.9 Å². The summed E-state index contributed by atoms with van der Waals surface area (Å²) in [5, 5.41) is 1.20. The molecule has 2 rings (SSSR count). The molecule has 1 heterocycles. The van der Waals surface area contributed by atoms with Crippen molar-refractivity contribution < 1.29 is 9.53 Å². The van der Waals surface area contributed by atoms with Crippen LogP contribution in [0.1, 0.15) is 24.5 Å². The molecular formula is C10H8Cl2O2. The van der Waals surface area contributed by atoms with Gasteiger partial charge in [0.25, 0.3) is 0 Å². The maximum Gasteiger partial charge on any atom is 0.306 e. The number of esters is 1. The summed E-state index contributed by atoms with van der Waals surface area (Å²) in [7, 11) is 0. The quantitative estimate of drug-likeness (QED) is 0.692. The molecule has 1 saturated heterocycles. The predicted molar refractivity (Wildman–Crippen MR) is 54.5 cm³/mol. The van der Waals surface area contributed by atoms with E-state index in [2.05, 4.69) is 0 Å². The summed E-state index contributed by atoms with van der Waals surface area (Å²) in [5.74, 6) is -0.175. The van der Waals surface area contributed by atoms with Gasteiger partial charge in [0, 0.05) is 22.0 Å². The summed E-state index contributed by atoms with van der Waals surface area (Å²) in [6, 6.07) is 5.17. The van der Waals surface area contributed by atoms with Crippen LogP contribution in [-0.2, 0) is 9.53 Å². The summed E-state index contributed by atoms with van der Waals surface area (Å²) in [6.07, 6.45) is 0.903. The third kappa shape index (κ3) is 1.86. The summed E-state index contributed by atoms with van der Waals surface area (Å²) < 4.78 is 5.10. The van der Waals surface area contributed by atoms with Gasteiger partial charge in [-0.2, -0.15) is 0 Å². The highest BCUT2D eigenvalue weighted by Gasteiger charge is 2.26. The van der Waals surface area contributed by atoms with Gasteiger partial charge in [0.05, 0.1) is 0 Å². The molecule has 1 aliphatic rings. The van der Waals surface area contributed by atoms with E-state index in [1.807, 2.05) is 0 Å². The van der Waals surface area contributed by atoms with Gasteiger partial charge in [-0.1, -0.05) is 23.2 Å². The first-order chi connectivity index (χ1) is 6.66. The van der Waals surface area contributed by atoms with Gasteiger partial charge in [-0.05, 0) is 24.6 Å². The minimum Gasteiger partial charge on any atom is -0.457 e.